The van der Waals surface area contributed by atoms with E-state index in [2.05, 4.69) is 34.9 Å². The molecule has 1 aliphatic heterocycles. The fourth-order valence-electron chi connectivity index (χ4n) is 3.32. The smallest absolute Gasteiger partial charge is 0.238 e. The molecule has 2 N–H and O–H groups in total. The van der Waals surface area contributed by atoms with Gasteiger partial charge < -0.3 is 14.8 Å². The van der Waals surface area contributed by atoms with E-state index in [9.17, 15) is 9.59 Å². The third-order valence-electron chi connectivity index (χ3n) is 4.87. The predicted octanol–water partition coefficient (Wildman–Crippen LogP) is 4.31. The molecule has 6 nitrogen and oxygen atoms in total. The summed E-state index contributed by atoms with van der Waals surface area (Å²) in [5.41, 5.74) is 3.08. The van der Waals surface area contributed by atoms with Gasteiger partial charge in [-0.05, 0) is 36.9 Å². The number of rotatable bonds is 7. The number of aryl methyl sites for hydroxylation is 1. The van der Waals surface area contributed by atoms with Gasteiger partial charge in [0.1, 0.15) is 0 Å². The normalized spacial score (nSPS) is 13.1. The van der Waals surface area contributed by atoms with Gasteiger partial charge in [-0.3, -0.25) is 14.9 Å². The van der Waals surface area contributed by atoms with E-state index >= 15 is 0 Å². The quantitative estimate of drug-likeness (QED) is 0.555. The molecule has 2 heterocycles. The largest absolute Gasteiger partial charge is 0.454 e. The van der Waals surface area contributed by atoms with E-state index in [0.29, 0.717) is 22.7 Å². The molecule has 4 rings (SSSR count). The van der Waals surface area contributed by atoms with E-state index < -0.39 is 0 Å². The fraction of sp³-hybridized carbons (Fsp3) is 0.217. The molecule has 1 amide bonds. The molecule has 0 unspecified atom stereocenters. The Labute approximate surface area is 178 Å². The van der Waals surface area contributed by atoms with E-state index in [0.717, 1.165) is 10.4 Å². The minimum absolute atomic E-state index is 0.0855. The van der Waals surface area contributed by atoms with Crippen LogP contribution in [0.15, 0.2) is 53.9 Å². The molecule has 1 atom stereocenters. The summed E-state index contributed by atoms with van der Waals surface area (Å²) < 4.78 is 10.7. The Bertz CT molecular complexity index is 1060. The number of benzene rings is 2. The van der Waals surface area contributed by atoms with Crippen molar-refractivity contribution in [2.75, 3.05) is 18.7 Å². The van der Waals surface area contributed by atoms with Crippen LogP contribution in [0.5, 0.6) is 11.5 Å². The van der Waals surface area contributed by atoms with Crippen molar-refractivity contribution in [2.24, 2.45) is 0 Å². The monoisotopic (exact) mass is 422 g/mol. The zero-order valence-corrected chi connectivity index (χ0v) is 17.5. The second-order valence-corrected chi connectivity index (χ2v) is 8.07. The van der Waals surface area contributed by atoms with Crippen LogP contribution in [0.1, 0.15) is 39.3 Å². The minimum Gasteiger partial charge on any atom is -0.454 e. The predicted molar refractivity (Wildman–Crippen MR) is 117 cm³/mol. The van der Waals surface area contributed by atoms with Crippen LogP contribution in [0.4, 0.5) is 5.69 Å². The maximum absolute atomic E-state index is 12.7. The molecule has 0 aliphatic carbocycles. The van der Waals surface area contributed by atoms with E-state index in [4.69, 9.17) is 9.47 Å². The summed E-state index contributed by atoms with van der Waals surface area (Å²) in [6.07, 6.45) is 0. The van der Waals surface area contributed by atoms with Gasteiger partial charge in [-0.15, -0.1) is 11.3 Å². The first-order valence-electron chi connectivity index (χ1n) is 9.59. The second kappa shape index (κ2) is 8.69. The summed E-state index contributed by atoms with van der Waals surface area (Å²) in [5, 5.41) is 8.18. The molecular weight excluding hydrogens is 400 g/mol. The average molecular weight is 423 g/mol. The Balaban J connectivity index is 1.49. The Morgan fingerprint density at radius 1 is 1.10 bits per heavy atom. The van der Waals surface area contributed by atoms with Crippen molar-refractivity contribution in [3.8, 4) is 11.5 Å². The van der Waals surface area contributed by atoms with Crippen molar-refractivity contribution in [1.82, 2.24) is 5.32 Å². The van der Waals surface area contributed by atoms with Gasteiger partial charge in [0.25, 0.3) is 0 Å². The Kier molecular flexibility index (Phi) is 5.83. The molecule has 0 saturated carbocycles. The molecule has 1 aromatic heterocycles. The minimum atomic E-state index is -0.245. The highest BCUT2D eigenvalue weighted by Gasteiger charge is 2.21. The van der Waals surface area contributed by atoms with Gasteiger partial charge in [0.2, 0.25) is 12.7 Å². The molecule has 0 saturated heterocycles. The van der Waals surface area contributed by atoms with Crippen LogP contribution in [0, 0.1) is 6.92 Å². The average Bonchev–Trinajstić information content (AvgIpc) is 3.40. The first-order valence-corrected chi connectivity index (χ1v) is 10.5. The molecule has 30 heavy (non-hydrogen) atoms. The number of ether oxygens (including phenoxy) is 2. The van der Waals surface area contributed by atoms with Crippen LogP contribution < -0.4 is 20.1 Å². The van der Waals surface area contributed by atoms with E-state index in [1.807, 2.05) is 24.4 Å². The van der Waals surface area contributed by atoms with E-state index in [1.54, 1.807) is 23.5 Å². The zero-order valence-electron chi connectivity index (χ0n) is 16.7. The maximum atomic E-state index is 12.7. The Morgan fingerprint density at radius 2 is 1.83 bits per heavy atom. The van der Waals surface area contributed by atoms with Crippen molar-refractivity contribution < 1.29 is 19.1 Å². The van der Waals surface area contributed by atoms with Crippen molar-refractivity contribution in [3.63, 3.8) is 0 Å². The molecule has 0 radical (unpaired) electrons. The number of amides is 1. The van der Waals surface area contributed by atoms with Gasteiger partial charge in [0.05, 0.1) is 18.3 Å². The number of hydrogen-bond acceptors (Lipinski definition) is 6. The number of carbonyl (C=O) groups is 2. The lowest BCUT2D eigenvalue weighted by Crippen LogP contribution is -2.32. The number of nitrogens with one attached hydrogen (secondary N) is 2. The van der Waals surface area contributed by atoms with Gasteiger partial charge in [-0.25, -0.2) is 0 Å². The van der Waals surface area contributed by atoms with Gasteiger partial charge in [-0.2, -0.15) is 0 Å². The first kappa shape index (κ1) is 20.1. The molecule has 2 aromatic carbocycles. The molecule has 7 heteroatoms. The number of thiophene rings is 1. The number of fused-ring (bicyclic) bond motifs is 1. The summed E-state index contributed by atoms with van der Waals surface area (Å²) in [5.74, 6) is 0.616. The third kappa shape index (κ3) is 4.37. The van der Waals surface area contributed by atoms with Crippen molar-refractivity contribution in [1.29, 1.82) is 0 Å². The van der Waals surface area contributed by atoms with Crippen molar-refractivity contribution >= 4 is 28.7 Å². The highest BCUT2D eigenvalue weighted by atomic mass is 32.1. The first-order chi connectivity index (χ1) is 14.5. The van der Waals surface area contributed by atoms with Crippen LogP contribution in [-0.2, 0) is 4.79 Å². The number of hydrogen-bond donors (Lipinski definition) is 2. The Hall–Kier alpha value is -3.16. The molecule has 0 bridgehead atoms. The van der Waals surface area contributed by atoms with Crippen LogP contribution in [0.2, 0.25) is 0 Å². The maximum Gasteiger partial charge on any atom is 0.238 e. The summed E-state index contributed by atoms with van der Waals surface area (Å²) in [6.45, 7) is 3.69. The van der Waals surface area contributed by atoms with Crippen molar-refractivity contribution in [3.05, 3.63) is 75.5 Å². The fourth-order valence-corrected chi connectivity index (χ4v) is 4.15. The molecular formula is C23H22N2O4S. The standard InChI is InChI=1S/C23H22N2O4S/c1-14-5-7-16(8-6-14)23(21-4-3-9-30-21)24-12-22(27)25-18-11-20-19(28-13-29-20)10-17(18)15(2)26/h3-11,23-24H,12-13H2,1-2H3,(H,25,27)/t23-/m1/s1. The van der Waals surface area contributed by atoms with Gasteiger partial charge >= 0.3 is 0 Å². The molecule has 1 aliphatic rings. The van der Waals surface area contributed by atoms with Crippen LogP contribution >= 0.6 is 11.3 Å². The molecule has 0 spiro atoms. The summed E-state index contributed by atoms with van der Waals surface area (Å²) >= 11 is 1.64. The van der Waals surface area contributed by atoms with Crippen LogP contribution in [-0.4, -0.2) is 25.0 Å². The van der Waals surface area contributed by atoms with Gasteiger partial charge in [-0.1, -0.05) is 35.9 Å². The SMILES string of the molecule is CC(=O)c1cc2c(cc1NC(=O)CN[C@H](c1ccc(C)cc1)c1cccs1)OCO2. The van der Waals surface area contributed by atoms with Crippen LogP contribution in [0.25, 0.3) is 0 Å². The Morgan fingerprint density at radius 3 is 2.50 bits per heavy atom. The van der Waals surface area contributed by atoms with Gasteiger partial charge in [0, 0.05) is 16.5 Å². The molecule has 3 aromatic rings. The van der Waals surface area contributed by atoms with E-state index in [1.165, 1.54) is 12.5 Å². The highest BCUT2D eigenvalue weighted by molar-refractivity contribution is 7.10. The number of Topliss-reactive ketones (excluding diaryl/α,β-unsaturated/α-hetero) is 1. The van der Waals surface area contributed by atoms with E-state index in [-0.39, 0.29) is 31.1 Å². The summed E-state index contributed by atoms with van der Waals surface area (Å²) in [6, 6.07) is 15.4. The number of anilines is 1. The molecule has 154 valence electrons. The van der Waals surface area contributed by atoms with Crippen molar-refractivity contribution in [2.45, 2.75) is 19.9 Å². The third-order valence-corrected chi connectivity index (χ3v) is 5.81. The highest BCUT2D eigenvalue weighted by Crippen LogP contribution is 2.37. The van der Waals surface area contributed by atoms with Crippen LogP contribution in [0.3, 0.4) is 0 Å². The van der Waals surface area contributed by atoms with Gasteiger partial charge in [0.15, 0.2) is 17.3 Å². The number of carbonyl (C=O) groups excluding carboxylic acids is 2. The lowest BCUT2D eigenvalue weighted by molar-refractivity contribution is -0.115. The topological polar surface area (TPSA) is 76.7 Å². The molecule has 0 fully saturated rings. The summed E-state index contributed by atoms with van der Waals surface area (Å²) in [7, 11) is 0. The lowest BCUT2D eigenvalue weighted by atomic mass is 10.0. The summed E-state index contributed by atoms with van der Waals surface area (Å²) in [4.78, 5) is 25.8. The number of ketones is 1. The second-order valence-electron chi connectivity index (χ2n) is 7.10. The lowest BCUT2D eigenvalue weighted by Gasteiger charge is -2.18. The zero-order chi connectivity index (χ0) is 21.1.